The molecule has 1 aromatic rings. The van der Waals surface area contributed by atoms with Crippen molar-refractivity contribution in [2.24, 2.45) is 5.92 Å². The van der Waals surface area contributed by atoms with E-state index in [1.54, 1.807) is 0 Å². The van der Waals surface area contributed by atoms with Crippen molar-refractivity contribution in [3.63, 3.8) is 0 Å². The third-order valence-electron chi connectivity index (χ3n) is 5.12. The number of hydrogen-bond donors (Lipinski definition) is 1. The van der Waals surface area contributed by atoms with Gasteiger partial charge in [0.25, 0.3) is 0 Å². The van der Waals surface area contributed by atoms with E-state index >= 15 is 0 Å². The Balaban J connectivity index is 1.70. The summed E-state index contributed by atoms with van der Waals surface area (Å²) in [6.45, 7) is 6.09. The van der Waals surface area contributed by atoms with Gasteiger partial charge in [0.05, 0.1) is 5.54 Å². The van der Waals surface area contributed by atoms with Crippen LogP contribution < -0.4 is 5.32 Å². The summed E-state index contributed by atoms with van der Waals surface area (Å²) in [5.74, 6) is 1.19. The molecule has 1 spiro atoms. The summed E-state index contributed by atoms with van der Waals surface area (Å²) in [6, 6.07) is 11.0. The van der Waals surface area contributed by atoms with Crippen molar-refractivity contribution in [1.29, 1.82) is 0 Å². The number of amides is 2. The van der Waals surface area contributed by atoms with Crippen LogP contribution in [0.25, 0.3) is 0 Å². The SMILES string of the molecule is CC(C)CN1C(=O)NCC12CCC(c1ccccc1)CC2. The molecule has 0 atom stereocenters. The predicted molar refractivity (Wildman–Crippen MR) is 85.3 cm³/mol. The molecule has 1 N–H and O–H groups in total. The molecule has 3 heteroatoms. The lowest BCUT2D eigenvalue weighted by Gasteiger charge is -2.43. The molecule has 114 valence electrons. The van der Waals surface area contributed by atoms with E-state index in [1.165, 1.54) is 18.4 Å². The molecule has 0 unspecified atom stereocenters. The third kappa shape index (κ3) is 2.78. The van der Waals surface area contributed by atoms with E-state index in [9.17, 15) is 4.79 Å². The second kappa shape index (κ2) is 5.70. The van der Waals surface area contributed by atoms with Crippen molar-refractivity contribution in [2.75, 3.05) is 13.1 Å². The molecule has 1 saturated heterocycles. The van der Waals surface area contributed by atoms with E-state index in [0.717, 1.165) is 25.9 Å². The van der Waals surface area contributed by atoms with Gasteiger partial charge in [-0.15, -0.1) is 0 Å². The fraction of sp³-hybridized carbons (Fsp3) is 0.611. The van der Waals surface area contributed by atoms with Gasteiger partial charge in [-0.3, -0.25) is 0 Å². The van der Waals surface area contributed by atoms with Crippen LogP contribution in [0.3, 0.4) is 0 Å². The number of benzene rings is 1. The molecule has 21 heavy (non-hydrogen) atoms. The van der Waals surface area contributed by atoms with Crippen LogP contribution in [0.1, 0.15) is 51.0 Å². The van der Waals surface area contributed by atoms with Crippen molar-refractivity contribution in [3.8, 4) is 0 Å². The zero-order valence-corrected chi connectivity index (χ0v) is 13.1. The quantitative estimate of drug-likeness (QED) is 0.901. The Morgan fingerprint density at radius 1 is 1.24 bits per heavy atom. The highest BCUT2D eigenvalue weighted by atomic mass is 16.2. The molecule has 2 fully saturated rings. The maximum Gasteiger partial charge on any atom is 0.318 e. The van der Waals surface area contributed by atoms with Gasteiger partial charge in [0.1, 0.15) is 0 Å². The monoisotopic (exact) mass is 286 g/mol. The molecule has 1 aliphatic heterocycles. The zero-order chi connectivity index (χ0) is 14.9. The number of rotatable bonds is 3. The Bertz CT molecular complexity index is 489. The normalized spacial score (nSPS) is 29.2. The van der Waals surface area contributed by atoms with Gasteiger partial charge in [0.2, 0.25) is 0 Å². The predicted octanol–water partition coefficient (Wildman–Crippen LogP) is 3.76. The van der Waals surface area contributed by atoms with Crippen LogP contribution in [-0.2, 0) is 0 Å². The largest absolute Gasteiger partial charge is 0.336 e. The van der Waals surface area contributed by atoms with Gasteiger partial charge in [0, 0.05) is 13.1 Å². The Morgan fingerprint density at radius 3 is 2.52 bits per heavy atom. The Hall–Kier alpha value is -1.51. The highest BCUT2D eigenvalue weighted by molar-refractivity contribution is 5.78. The van der Waals surface area contributed by atoms with Crippen molar-refractivity contribution in [1.82, 2.24) is 10.2 Å². The Kier molecular flexibility index (Phi) is 3.92. The Labute approximate surface area is 127 Å². The van der Waals surface area contributed by atoms with E-state index in [-0.39, 0.29) is 11.6 Å². The minimum Gasteiger partial charge on any atom is -0.336 e. The second-order valence-corrected chi connectivity index (χ2v) is 7.07. The first-order chi connectivity index (χ1) is 10.1. The van der Waals surface area contributed by atoms with Gasteiger partial charge >= 0.3 is 6.03 Å². The summed E-state index contributed by atoms with van der Waals surface area (Å²) in [5, 5.41) is 3.08. The lowest BCUT2D eigenvalue weighted by Crippen LogP contribution is -2.50. The molecule has 0 bridgehead atoms. The third-order valence-corrected chi connectivity index (χ3v) is 5.12. The summed E-state index contributed by atoms with van der Waals surface area (Å²) in [6.07, 6.45) is 4.62. The van der Waals surface area contributed by atoms with Gasteiger partial charge in [-0.25, -0.2) is 4.79 Å². The number of hydrogen-bond acceptors (Lipinski definition) is 1. The summed E-state index contributed by atoms with van der Waals surface area (Å²) < 4.78 is 0. The number of nitrogens with zero attached hydrogens (tertiary/aromatic N) is 1. The standard InChI is InChI=1S/C18H26N2O/c1-14(2)12-20-17(21)19-13-18(20)10-8-16(9-11-18)15-6-4-3-5-7-15/h3-7,14,16H,8-13H2,1-2H3,(H,19,21). The van der Waals surface area contributed by atoms with Crippen molar-refractivity contribution in [2.45, 2.75) is 51.0 Å². The van der Waals surface area contributed by atoms with Crippen molar-refractivity contribution < 1.29 is 4.79 Å². The fourth-order valence-corrected chi connectivity index (χ4v) is 3.95. The molecule has 2 aliphatic rings. The van der Waals surface area contributed by atoms with Crippen LogP contribution in [0, 0.1) is 5.92 Å². The maximum absolute atomic E-state index is 12.1. The molecule has 3 rings (SSSR count). The van der Waals surface area contributed by atoms with E-state index in [0.29, 0.717) is 11.8 Å². The Morgan fingerprint density at radius 2 is 1.90 bits per heavy atom. The lowest BCUT2D eigenvalue weighted by molar-refractivity contribution is 0.103. The molecular formula is C18H26N2O. The van der Waals surface area contributed by atoms with Crippen LogP contribution in [0.4, 0.5) is 4.79 Å². The average Bonchev–Trinajstić information content (AvgIpc) is 2.78. The number of carbonyl (C=O) groups is 1. The summed E-state index contributed by atoms with van der Waals surface area (Å²) in [5.41, 5.74) is 1.53. The molecule has 1 aromatic carbocycles. The first-order valence-corrected chi connectivity index (χ1v) is 8.21. The van der Waals surface area contributed by atoms with E-state index in [2.05, 4.69) is 54.4 Å². The van der Waals surface area contributed by atoms with Crippen molar-refractivity contribution in [3.05, 3.63) is 35.9 Å². The molecular weight excluding hydrogens is 260 g/mol. The minimum atomic E-state index is 0.0760. The van der Waals surface area contributed by atoms with Crippen LogP contribution in [0.15, 0.2) is 30.3 Å². The number of urea groups is 1. The number of nitrogens with one attached hydrogen (secondary N) is 1. The fourth-order valence-electron chi connectivity index (χ4n) is 3.95. The van der Waals surface area contributed by atoms with E-state index < -0.39 is 0 Å². The smallest absolute Gasteiger partial charge is 0.318 e. The summed E-state index contributed by atoms with van der Waals surface area (Å²) in [4.78, 5) is 14.3. The van der Waals surface area contributed by atoms with Gasteiger partial charge in [-0.1, -0.05) is 44.2 Å². The molecule has 1 saturated carbocycles. The molecule has 0 aromatic heterocycles. The van der Waals surface area contributed by atoms with Crippen LogP contribution in [0.5, 0.6) is 0 Å². The number of carbonyl (C=O) groups excluding carboxylic acids is 1. The molecule has 0 radical (unpaired) electrons. The summed E-state index contributed by atoms with van der Waals surface area (Å²) in [7, 11) is 0. The van der Waals surface area contributed by atoms with Crippen LogP contribution in [0.2, 0.25) is 0 Å². The van der Waals surface area contributed by atoms with Gasteiger partial charge < -0.3 is 10.2 Å². The molecule has 2 amide bonds. The van der Waals surface area contributed by atoms with Crippen molar-refractivity contribution >= 4 is 6.03 Å². The molecule has 3 nitrogen and oxygen atoms in total. The van der Waals surface area contributed by atoms with E-state index in [1.807, 2.05) is 0 Å². The van der Waals surface area contributed by atoms with Crippen LogP contribution >= 0.6 is 0 Å². The van der Waals surface area contributed by atoms with Crippen LogP contribution in [-0.4, -0.2) is 29.6 Å². The van der Waals surface area contributed by atoms with Gasteiger partial charge in [-0.2, -0.15) is 0 Å². The first kappa shape index (κ1) is 14.4. The second-order valence-electron chi connectivity index (χ2n) is 7.07. The van der Waals surface area contributed by atoms with Gasteiger partial charge in [-0.05, 0) is 43.1 Å². The minimum absolute atomic E-state index is 0.0760. The lowest BCUT2D eigenvalue weighted by atomic mass is 9.73. The topological polar surface area (TPSA) is 32.3 Å². The first-order valence-electron chi connectivity index (χ1n) is 8.21. The molecule has 1 aliphatic carbocycles. The maximum atomic E-state index is 12.1. The van der Waals surface area contributed by atoms with E-state index in [4.69, 9.17) is 0 Å². The highest BCUT2D eigenvalue weighted by Gasteiger charge is 2.47. The molecule has 1 heterocycles. The summed E-state index contributed by atoms with van der Waals surface area (Å²) >= 11 is 0. The van der Waals surface area contributed by atoms with Gasteiger partial charge in [0.15, 0.2) is 0 Å². The zero-order valence-electron chi connectivity index (χ0n) is 13.1. The highest BCUT2D eigenvalue weighted by Crippen LogP contribution is 2.42. The average molecular weight is 286 g/mol.